The van der Waals surface area contributed by atoms with Crippen molar-refractivity contribution >= 4 is 5.91 Å². The smallest absolute Gasteiger partial charge is 0.253 e. The predicted molar refractivity (Wildman–Crippen MR) is 87.9 cm³/mol. The Bertz CT molecular complexity index is 432. The molecule has 0 saturated heterocycles. The maximum Gasteiger partial charge on any atom is 0.253 e. The van der Waals surface area contributed by atoms with Gasteiger partial charge in [-0.3, -0.25) is 4.79 Å². The van der Waals surface area contributed by atoms with Crippen LogP contribution >= 0.6 is 0 Å². The Morgan fingerprint density at radius 3 is 2.24 bits per heavy atom. The van der Waals surface area contributed by atoms with Gasteiger partial charge >= 0.3 is 0 Å². The molecule has 0 unspecified atom stereocenters. The van der Waals surface area contributed by atoms with Crippen LogP contribution in [0.15, 0.2) is 24.3 Å². The first-order valence-electron chi connectivity index (χ1n) is 7.80. The van der Waals surface area contributed by atoms with Crippen molar-refractivity contribution in [2.45, 2.75) is 47.0 Å². The SMILES string of the molecule is CCCCN(CCC(C)(C)C)C(=O)c1ccc(OC)cc1. The average molecular weight is 291 g/mol. The van der Waals surface area contributed by atoms with E-state index in [0.29, 0.717) is 0 Å². The van der Waals surface area contributed by atoms with Crippen LogP contribution < -0.4 is 4.74 Å². The van der Waals surface area contributed by atoms with E-state index in [-0.39, 0.29) is 11.3 Å². The molecule has 0 saturated carbocycles. The summed E-state index contributed by atoms with van der Waals surface area (Å²) in [5.74, 6) is 0.900. The lowest BCUT2D eigenvalue weighted by atomic mass is 9.92. The Balaban J connectivity index is 2.77. The third-order valence-corrected chi connectivity index (χ3v) is 3.54. The number of rotatable bonds is 7. The van der Waals surface area contributed by atoms with Gasteiger partial charge in [-0.2, -0.15) is 0 Å². The Kier molecular flexibility index (Phi) is 6.73. The molecule has 0 aliphatic carbocycles. The molecule has 0 aliphatic rings. The van der Waals surface area contributed by atoms with Crippen molar-refractivity contribution in [1.82, 2.24) is 4.90 Å². The number of amides is 1. The van der Waals surface area contributed by atoms with Crippen molar-refractivity contribution in [3.05, 3.63) is 29.8 Å². The number of methoxy groups -OCH3 is 1. The van der Waals surface area contributed by atoms with Crippen molar-refractivity contribution < 1.29 is 9.53 Å². The Morgan fingerprint density at radius 2 is 1.76 bits per heavy atom. The maximum atomic E-state index is 12.7. The van der Waals surface area contributed by atoms with Crippen LogP contribution in [-0.2, 0) is 0 Å². The maximum absolute atomic E-state index is 12.7. The van der Waals surface area contributed by atoms with E-state index in [1.807, 2.05) is 29.2 Å². The summed E-state index contributed by atoms with van der Waals surface area (Å²) in [4.78, 5) is 14.6. The van der Waals surface area contributed by atoms with E-state index in [0.717, 1.165) is 43.7 Å². The van der Waals surface area contributed by atoms with Crippen molar-refractivity contribution in [3.63, 3.8) is 0 Å². The molecule has 0 fully saturated rings. The van der Waals surface area contributed by atoms with Crippen LogP contribution in [0.4, 0.5) is 0 Å². The van der Waals surface area contributed by atoms with Crippen LogP contribution in [0.2, 0.25) is 0 Å². The van der Waals surface area contributed by atoms with Gasteiger partial charge in [-0.25, -0.2) is 0 Å². The van der Waals surface area contributed by atoms with E-state index in [4.69, 9.17) is 4.74 Å². The molecule has 118 valence electrons. The van der Waals surface area contributed by atoms with E-state index < -0.39 is 0 Å². The average Bonchev–Trinajstić information content (AvgIpc) is 2.46. The van der Waals surface area contributed by atoms with Gasteiger partial charge in [-0.1, -0.05) is 34.1 Å². The van der Waals surface area contributed by atoms with Gasteiger partial charge < -0.3 is 9.64 Å². The van der Waals surface area contributed by atoms with Crippen LogP contribution in [0.3, 0.4) is 0 Å². The molecule has 0 N–H and O–H groups in total. The second-order valence-corrected chi connectivity index (χ2v) is 6.68. The van der Waals surface area contributed by atoms with Crippen LogP contribution in [-0.4, -0.2) is 31.0 Å². The van der Waals surface area contributed by atoms with Crippen molar-refractivity contribution in [2.24, 2.45) is 5.41 Å². The number of carbonyl (C=O) groups excluding carboxylic acids is 1. The number of hydrogen-bond acceptors (Lipinski definition) is 2. The van der Waals surface area contributed by atoms with Crippen molar-refractivity contribution in [3.8, 4) is 5.75 Å². The predicted octanol–water partition coefficient (Wildman–Crippen LogP) is 4.37. The number of carbonyl (C=O) groups is 1. The zero-order valence-corrected chi connectivity index (χ0v) is 14.1. The van der Waals surface area contributed by atoms with Crippen molar-refractivity contribution in [1.29, 1.82) is 0 Å². The monoisotopic (exact) mass is 291 g/mol. The molecule has 3 nitrogen and oxygen atoms in total. The lowest BCUT2D eigenvalue weighted by Crippen LogP contribution is -2.34. The van der Waals surface area contributed by atoms with Gasteiger partial charge in [-0.15, -0.1) is 0 Å². The molecule has 1 aromatic carbocycles. The fourth-order valence-corrected chi connectivity index (χ4v) is 2.05. The number of unbranched alkanes of at least 4 members (excludes halogenated alkanes) is 1. The topological polar surface area (TPSA) is 29.5 Å². The molecule has 3 heteroatoms. The highest BCUT2D eigenvalue weighted by atomic mass is 16.5. The highest BCUT2D eigenvalue weighted by Crippen LogP contribution is 2.20. The quantitative estimate of drug-likeness (QED) is 0.746. The molecule has 0 heterocycles. The molecule has 0 aromatic heterocycles. The summed E-state index contributed by atoms with van der Waals surface area (Å²) in [6.45, 7) is 10.4. The third kappa shape index (κ3) is 6.19. The van der Waals surface area contributed by atoms with Crippen molar-refractivity contribution in [2.75, 3.05) is 20.2 Å². The lowest BCUT2D eigenvalue weighted by molar-refractivity contribution is 0.0735. The molecule has 0 spiro atoms. The molecule has 1 amide bonds. The van der Waals surface area contributed by atoms with Gasteiger partial charge in [0, 0.05) is 18.7 Å². The van der Waals surface area contributed by atoms with Gasteiger partial charge in [0.2, 0.25) is 0 Å². The molecule has 1 rings (SSSR count). The molecule has 1 aromatic rings. The van der Waals surface area contributed by atoms with E-state index >= 15 is 0 Å². The fraction of sp³-hybridized carbons (Fsp3) is 0.611. The van der Waals surface area contributed by atoms with Crippen LogP contribution in [0.5, 0.6) is 5.75 Å². The summed E-state index contributed by atoms with van der Waals surface area (Å²) in [6.07, 6.45) is 3.16. The summed E-state index contributed by atoms with van der Waals surface area (Å²) in [5, 5.41) is 0. The molecule has 0 aliphatic heterocycles. The Labute approximate surface area is 129 Å². The highest BCUT2D eigenvalue weighted by molar-refractivity contribution is 5.94. The molecule has 21 heavy (non-hydrogen) atoms. The normalized spacial score (nSPS) is 11.3. The number of ether oxygens (including phenoxy) is 1. The summed E-state index contributed by atoms with van der Waals surface area (Å²) in [6, 6.07) is 7.37. The van der Waals surface area contributed by atoms with E-state index in [9.17, 15) is 4.79 Å². The molecule has 0 bridgehead atoms. The second-order valence-electron chi connectivity index (χ2n) is 6.68. The first-order valence-corrected chi connectivity index (χ1v) is 7.80. The van der Waals surface area contributed by atoms with E-state index in [1.54, 1.807) is 7.11 Å². The number of nitrogens with zero attached hydrogens (tertiary/aromatic N) is 1. The minimum absolute atomic E-state index is 0.121. The number of hydrogen-bond donors (Lipinski definition) is 0. The molecular formula is C18H29NO2. The molecule has 0 radical (unpaired) electrons. The van der Waals surface area contributed by atoms with Gasteiger partial charge in [0.1, 0.15) is 5.75 Å². The second kappa shape index (κ2) is 8.06. The minimum Gasteiger partial charge on any atom is -0.497 e. The van der Waals surface area contributed by atoms with E-state index in [1.165, 1.54) is 0 Å². The summed E-state index contributed by atoms with van der Waals surface area (Å²) >= 11 is 0. The van der Waals surface area contributed by atoms with Gasteiger partial charge in [0.15, 0.2) is 0 Å². The first-order chi connectivity index (χ1) is 9.87. The van der Waals surface area contributed by atoms with Gasteiger partial charge in [0.05, 0.1) is 7.11 Å². The summed E-state index contributed by atoms with van der Waals surface area (Å²) < 4.78 is 5.14. The van der Waals surface area contributed by atoms with Gasteiger partial charge in [-0.05, 0) is 42.5 Å². The summed E-state index contributed by atoms with van der Waals surface area (Å²) in [5.41, 5.74) is 0.978. The zero-order chi connectivity index (χ0) is 15.9. The summed E-state index contributed by atoms with van der Waals surface area (Å²) in [7, 11) is 1.63. The van der Waals surface area contributed by atoms with Gasteiger partial charge in [0.25, 0.3) is 5.91 Å². The largest absolute Gasteiger partial charge is 0.497 e. The van der Waals surface area contributed by atoms with Crippen LogP contribution in [0.25, 0.3) is 0 Å². The molecular weight excluding hydrogens is 262 g/mol. The highest BCUT2D eigenvalue weighted by Gasteiger charge is 2.18. The van der Waals surface area contributed by atoms with Crippen LogP contribution in [0.1, 0.15) is 57.3 Å². The minimum atomic E-state index is 0.121. The fourth-order valence-electron chi connectivity index (χ4n) is 2.05. The standard InChI is InChI=1S/C18H29NO2/c1-6-7-13-19(14-12-18(2,3)4)17(20)15-8-10-16(21-5)11-9-15/h8-11H,6-7,12-14H2,1-5H3. The zero-order valence-electron chi connectivity index (χ0n) is 14.1. The molecule has 0 atom stereocenters. The number of benzene rings is 1. The third-order valence-electron chi connectivity index (χ3n) is 3.54. The Hall–Kier alpha value is -1.51. The van der Waals surface area contributed by atoms with E-state index in [2.05, 4.69) is 27.7 Å². The first kappa shape index (κ1) is 17.5. The van der Waals surface area contributed by atoms with Crippen LogP contribution in [0, 0.1) is 5.41 Å². The Morgan fingerprint density at radius 1 is 1.14 bits per heavy atom. The lowest BCUT2D eigenvalue weighted by Gasteiger charge is -2.27.